The summed E-state index contributed by atoms with van der Waals surface area (Å²) in [5, 5.41) is 0. The second-order valence-corrected chi connectivity index (χ2v) is 9.80. The summed E-state index contributed by atoms with van der Waals surface area (Å²) >= 11 is 0. The van der Waals surface area contributed by atoms with Gasteiger partial charge in [-0.2, -0.15) is 0 Å². The molecule has 6 nitrogen and oxygen atoms in total. The number of hydrogen-bond donors (Lipinski definition) is 0. The molecule has 0 unspecified atom stereocenters. The van der Waals surface area contributed by atoms with Crippen LogP contribution in [0.15, 0.2) is 18.2 Å². The molecule has 1 aliphatic rings. The van der Waals surface area contributed by atoms with Gasteiger partial charge in [-0.3, -0.25) is 4.79 Å². The fourth-order valence-corrected chi connectivity index (χ4v) is 7.04. The maximum absolute atomic E-state index is 12.7. The molecule has 0 saturated carbocycles. The Labute approximate surface area is 124 Å². The third kappa shape index (κ3) is 1.92. The van der Waals surface area contributed by atoms with Gasteiger partial charge in [0.05, 0.1) is 5.69 Å². The number of aryl methyl sites for hydroxylation is 1. The lowest BCUT2D eigenvalue weighted by molar-refractivity contribution is -0.118. The molecule has 1 amide bonds. The first-order chi connectivity index (χ1) is 9.48. The minimum absolute atomic E-state index is 0.0272. The normalized spacial score (nSPS) is 17.9. The van der Waals surface area contributed by atoms with Crippen molar-refractivity contribution < 1.29 is 21.6 Å². The first kappa shape index (κ1) is 16.0. The highest BCUT2D eigenvalue weighted by Gasteiger charge is 2.65. The predicted molar refractivity (Wildman–Crippen MR) is 80.6 cm³/mol. The van der Waals surface area contributed by atoms with Gasteiger partial charge in [0, 0.05) is 24.6 Å². The van der Waals surface area contributed by atoms with Crippen LogP contribution in [0.25, 0.3) is 0 Å². The Bertz CT molecular complexity index is 792. The van der Waals surface area contributed by atoms with Crippen molar-refractivity contribution in [1.82, 2.24) is 0 Å². The lowest BCUT2D eigenvalue weighted by Gasteiger charge is -2.24. The second kappa shape index (κ2) is 4.54. The summed E-state index contributed by atoms with van der Waals surface area (Å²) in [6, 6.07) is 4.77. The Hall–Kier alpha value is -1.41. The number of hydrogen-bond acceptors (Lipinski definition) is 5. The average Bonchev–Trinajstić information content (AvgIpc) is 2.55. The van der Waals surface area contributed by atoms with Crippen LogP contribution in [0.3, 0.4) is 0 Å². The SMILES string of the molecule is CCN1C(=O)C(S(C)(=O)=O)(S(C)(=O)=O)c2cc(C)ccc21. The molecule has 2 rings (SSSR count). The molecular weight excluding hydrogens is 314 g/mol. The van der Waals surface area contributed by atoms with Gasteiger partial charge in [0.1, 0.15) is 0 Å². The summed E-state index contributed by atoms with van der Waals surface area (Å²) in [4.78, 5) is 13.9. The fraction of sp³-hybridized carbons (Fsp3) is 0.462. The Balaban J connectivity index is 3.05. The van der Waals surface area contributed by atoms with Crippen LogP contribution < -0.4 is 4.90 Å². The molecule has 116 valence electrons. The molecule has 1 aromatic carbocycles. The molecule has 0 aliphatic carbocycles. The summed E-state index contributed by atoms with van der Waals surface area (Å²) in [6.45, 7) is 3.58. The number of fused-ring (bicyclic) bond motifs is 1. The van der Waals surface area contributed by atoms with E-state index in [-0.39, 0.29) is 12.1 Å². The summed E-state index contributed by atoms with van der Waals surface area (Å²) < 4.78 is 46.7. The largest absolute Gasteiger partial charge is 0.310 e. The van der Waals surface area contributed by atoms with E-state index >= 15 is 0 Å². The van der Waals surface area contributed by atoms with Crippen LogP contribution in [0, 0.1) is 6.92 Å². The molecule has 8 heteroatoms. The molecular formula is C13H17NO5S2. The van der Waals surface area contributed by atoms with Crippen molar-refractivity contribution in [2.45, 2.75) is 17.9 Å². The number of anilines is 1. The average molecular weight is 331 g/mol. The quantitative estimate of drug-likeness (QED) is 0.809. The van der Waals surface area contributed by atoms with Gasteiger partial charge in [0.15, 0.2) is 19.7 Å². The van der Waals surface area contributed by atoms with Crippen molar-refractivity contribution in [3.8, 4) is 0 Å². The third-order valence-corrected chi connectivity index (χ3v) is 8.38. The highest BCUT2D eigenvalue weighted by atomic mass is 32.3. The zero-order valence-corrected chi connectivity index (χ0v) is 13.9. The zero-order chi connectivity index (χ0) is 16.2. The van der Waals surface area contributed by atoms with Crippen LogP contribution in [0.1, 0.15) is 18.1 Å². The molecule has 0 spiro atoms. The number of rotatable bonds is 3. The van der Waals surface area contributed by atoms with Crippen LogP contribution in [-0.2, 0) is 28.5 Å². The highest BCUT2D eigenvalue weighted by Crippen LogP contribution is 2.48. The van der Waals surface area contributed by atoms with Gasteiger partial charge in [0.25, 0.3) is 9.99 Å². The Kier molecular flexibility index (Phi) is 3.45. The Morgan fingerprint density at radius 2 is 1.62 bits per heavy atom. The summed E-state index contributed by atoms with van der Waals surface area (Å²) in [7, 11) is -8.45. The zero-order valence-electron chi connectivity index (χ0n) is 12.2. The van der Waals surface area contributed by atoms with E-state index in [9.17, 15) is 21.6 Å². The van der Waals surface area contributed by atoms with E-state index in [1.54, 1.807) is 26.0 Å². The lowest BCUT2D eigenvalue weighted by atomic mass is 10.1. The molecule has 0 radical (unpaired) electrons. The van der Waals surface area contributed by atoms with Gasteiger partial charge in [-0.05, 0) is 19.9 Å². The minimum atomic E-state index is -4.22. The molecule has 0 aromatic heterocycles. The van der Waals surface area contributed by atoms with Gasteiger partial charge in [0.2, 0.25) is 0 Å². The molecule has 0 bridgehead atoms. The van der Waals surface area contributed by atoms with Gasteiger partial charge in [-0.15, -0.1) is 0 Å². The number of likely N-dealkylation sites (N-methyl/N-ethyl adjacent to an activating group) is 1. The number of carbonyl (C=O) groups is 1. The topological polar surface area (TPSA) is 88.6 Å². The molecule has 0 atom stereocenters. The standard InChI is InChI=1S/C13H17NO5S2/c1-5-14-11-7-6-9(2)8-10(11)13(12(14)15,20(3,16)17)21(4,18)19/h6-8H,5H2,1-4H3. The summed E-state index contributed by atoms with van der Waals surface area (Å²) in [6.07, 6.45) is 1.58. The number of carbonyl (C=O) groups excluding carboxylic acids is 1. The van der Waals surface area contributed by atoms with E-state index in [0.29, 0.717) is 11.3 Å². The maximum atomic E-state index is 12.7. The third-order valence-electron chi connectivity index (χ3n) is 3.68. The smallest absolute Gasteiger partial charge is 0.276 e. The van der Waals surface area contributed by atoms with Crippen LogP contribution in [0.5, 0.6) is 0 Å². The molecule has 1 heterocycles. The Morgan fingerprint density at radius 1 is 1.10 bits per heavy atom. The second-order valence-electron chi connectivity index (χ2n) is 5.23. The summed E-state index contributed by atoms with van der Waals surface area (Å²) in [5.41, 5.74) is 1.06. The first-order valence-electron chi connectivity index (χ1n) is 6.30. The van der Waals surface area contributed by atoms with E-state index in [4.69, 9.17) is 0 Å². The van der Waals surface area contributed by atoms with Gasteiger partial charge in [-0.25, -0.2) is 16.8 Å². The molecule has 21 heavy (non-hydrogen) atoms. The molecule has 0 N–H and O–H groups in total. The maximum Gasteiger partial charge on any atom is 0.276 e. The van der Waals surface area contributed by atoms with Crippen LogP contribution in [0.2, 0.25) is 0 Å². The van der Waals surface area contributed by atoms with Gasteiger partial charge in [-0.1, -0.05) is 17.7 Å². The fourth-order valence-electron chi connectivity index (χ4n) is 2.86. The van der Waals surface area contributed by atoms with Gasteiger partial charge < -0.3 is 4.90 Å². The van der Waals surface area contributed by atoms with E-state index in [2.05, 4.69) is 0 Å². The number of benzene rings is 1. The predicted octanol–water partition coefficient (Wildman–Crippen LogP) is 0.604. The van der Waals surface area contributed by atoms with E-state index in [1.807, 2.05) is 0 Å². The van der Waals surface area contributed by atoms with Crippen molar-refractivity contribution >= 4 is 31.3 Å². The minimum Gasteiger partial charge on any atom is -0.310 e. The van der Waals surface area contributed by atoms with Crippen LogP contribution in [-0.4, -0.2) is 41.8 Å². The lowest BCUT2D eigenvalue weighted by Crippen LogP contribution is -2.50. The monoisotopic (exact) mass is 331 g/mol. The van der Waals surface area contributed by atoms with Crippen molar-refractivity contribution in [3.63, 3.8) is 0 Å². The van der Waals surface area contributed by atoms with E-state index in [1.165, 1.54) is 11.0 Å². The van der Waals surface area contributed by atoms with Crippen molar-refractivity contribution in [2.75, 3.05) is 24.0 Å². The van der Waals surface area contributed by atoms with Gasteiger partial charge >= 0.3 is 0 Å². The van der Waals surface area contributed by atoms with Crippen molar-refractivity contribution in [3.05, 3.63) is 29.3 Å². The van der Waals surface area contributed by atoms with E-state index in [0.717, 1.165) is 12.5 Å². The number of amides is 1. The molecule has 0 saturated heterocycles. The summed E-state index contributed by atoms with van der Waals surface area (Å²) in [5.74, 6) is -0.921. The van der Waals surface area contributed by atoms with E-state index < -0.39 is 29.7 Å². The molecule has 1 aromatic rings. The van der Waals surface area contributed by atoms with Crippen molar-refractivity contribution in [1.29, 1.82) is 0 Å². The Morgan fingerprint density at radius 3 is 2.05 bits per heavy atom. The van der Waals surface area contributed by atoms with Crippen LogP contribution in [0.4, 0.5) is 5.69 Å². The molecule has 0 fully saturated rings. The number of nitrogens with zero attached hydrogens (tertiary/aromatic N) is 1. The van der Waals surface area contributed by atoms with Crippen molar-refractivity contribution in [2.24, 2.45) is 0 Å². The first-order valence-corrected chi connectivity index (χ1v) is 10.1. The van der Waals surface area contributed by atoms with Crippen LogP contribution >= 0.6 is 0 Å². The highest BCUT2D eigenvalue weighted by molar-refractivity contribution is 8.10. The molecule has 1 aliphatic heterocycles. The number of sulfone groups is 2.